The second-order valence-corrected chi connectivity index (χ2v) is 5.47. The Morgan fingerprint density at radius 2 is 1.33 bits per heavy atom. The van der Waals surface area contributed by atoms with Crippen LogP contribution < -0.4 is 5.32 Å². The first-order chi connectivity index (χ1) is 10.2. The van der Waals surface area contributed by atoms with Gasteiger partial charge >= 0.3 is 0 Å². The summed E-state index contributed by atoms with van der Waals surface area (Å²) >= 11 is 0. The summed E-state index contributed by atoms with van der Waals surface area (Å²) in [5.41, 5.74) is 3.78. The number of hydrogen-bond donors (Lipinski definition) is 1. The third-order valence-electron chi connectivity index (χ3n) is 3.50. The highest BCUT2D eigenvalue weighted by Crippen LogP contribution is 2.10. The highest BCUT2D eigenvalue weighted by atomic mass is 19.1. The van der Waals surface area contributed by atoms with Crippen molar-refractivity contribution in [2.75, 3.05) is 20.6 Å². The Balaban J connectivity index is 1.87. The molecule has 0 radical (unpaired) electrons. The standard InChI is InChI=1S/C18H23FN2/c1-20-12-11-15-3-5-16(6-4-15)13-21(2)14-17-7-9-18(19)10-8-17/h3-10,20H,11-14H2,1-2H3. The molecule has 0 bridgehead atoms. The van der Waals surface area contributed by atoms with Crippen molar-refractivity contribution in [1.29, 1.82) is 0 Å². The minimum atomic E-state index is -0.182. The van der Waals surface area contributed by atoms with E-state index in [9.17, 15) is 4.39 Å². The van der Waals surface area contributed by atoms with Gasteiger partial charge in [0.2, 0.25) is 0 Å². The van der Waals surface area contributed by atoms with Crippen LogP contribution in [0.2, 0.25) is 0 Å². The molecule has 0 fully saturated rings. The van der Waals surface area contributed by atoms with Gasteiger partial charge in [0.15, 0.2) is 0 Å². The van der Waals surface area contributed by atoms with Gasteiger partial charge in [-0.2, -0.15) is 0 Å². The molecule has 0 spiro atoms. The molecular formula is C18H23FN2. The van der Waals surface area contributed by atoms with Crippen LogP contribution >= 0.6 is 0 Å². The SMILES string of the molecule is CNCCc1ccc(CN(C)Cc2ccc(F)cc2)cc1. The number of nitrogens with one attached hydrogen (secondary N) is 1. The molecule has 0 aliphatic rings. The lowest BCUT2D eigenvalue weighted by atomic mass is 10.1. The molecule has 1 N–H and O–H groups in total. The molecule has 21 heavy (non-hydrogen) atoms. The van der Waals surface area contributed by atoms with Crippen molar-refractivity contribution in [3.05, 3.63) is 71.0 Å². The molecule has 0 heterocycles. The molecule has 0 unspecified atom stereocenters. The van der Waals surface area contributed by atoms with Crippen molar-refractivity contribution in [3.8, 4) is 0 Å². The van der Waals surface area contributed by atoms with Crippen molar-refractivity contribution in [3.63, 3.8) is 0 Å². The second kappa shape index (κ2) is 7.91. The quantitative estimate of drug-likeness (QED) is 0.841. The fraction of sp³-hybridized carbons (Fsp3) is 0.333. The van der Waals surface area contributed by atoms with E-state index >= 15 is 0 Å². The van der Waals surface area contributed by atoms with Gasteiger partial charge in [-0.25, -0.2) is 4.39 Å². The third kappa shape index (κ3) is 5.29. The Labute approximate surface area is 126 Å². The van der Waals surface area contributed by atoms with E-state index in [2.05, 4.69) is 41.5 Å². The maximum Gasteiger partial charge on any atom is 0.123 e. The van der Waals surface area contributed by atoms with Crippen LogP contribution in [0, 0.1) is 5.82 Å². The summed E-state index contributed by atoms with van der Waals surface area (Å²) in [4.78, 5) is 2.23. The van der Waals surface area contributed by atoms with Gasteiger partial charge in [0.1, 0.15) is 5.82 Å². The molecule has 112 valence electrons. The first kappa shape index (κ1) is 15.7. The van der Waals surface area contributed by atoms with Gasteiger partial charge in [-0.05, 0) is 55.9 Å². The van der Waals surface area contributed by atoms with Crippen LogP contribution in [0.4, 0.5) is 4.39 Å². The molecule has 2 aromatic carbocycles. The number of likely N-dealkylation sites (N-methyl/N-ethyl adjacent to an activating group) is 1. The second-order valence-electron chi connectivity index (χ2n) is 5.47. The number of nitrogens with zero attached hydrogens (tertiary/aromatic N) is 1. The summed E-state index contributed by atoms with van der Waals surface area (Å²) in [5.74, 6) is -0.182. The number of benzene rings is 2. The molecule has 0 aliphatic carbocycles. The van der Waals surface area contributed by atoms with E-state index in [0.717, 1.165) is 31.6 Å². The number of rotatable bonds is 7. The molecule has 2 aromatic rings. The Morgan fingerprint density at radius 1 is 0.857 bits per heavy atom. The molecule has 0 amide bonds. The van der Waals surface area contributed by atoms with Gasteiger partial charge in [0.25, 0.3) is 0 Å². The Kier molecular flexibility index (Phi) is 5.90. The maximum absolute atomic E-state index is 12.9. The fourth-order valence-electron chi connectivity index (χ4n) is 2.35. The van der Waals surface area contributed by atoms with Crippen LogP contribution in [-0.4, -0.2) is 25.5 Å². The van der Waals surface area contributed by atoms with Crippen molar-refractivity contribution in [2.24, 2.45) is 0 Å². The Bertz CT molecular complexity index is 534. The topological polar surface area (TPSA) is 15.3 Å². The van der Waals surface area contributed by atoms with Crippen LogP contribution in [0.3, 0.4) is 0 Å². The van der Waals surface area contributed by atoms with E-state index in [1.807, 2.05) is 19.2 Å². The van der Waals surface area contributed by atoms with E-state index in [1.165, 1.54) is 23.3 Å². The van der Waals surface area contributed by atoms with E-state index in [-0.39, 0.29) is 5.82 Å². The molecule has 2 nitrogen and oxygen atoms in total. The fourth-order valence-corrected chi connectivity index (χ4v) is 2.35. The Hall–Kier alpha value is -1.71. The van der Waals surface area contributed by atoms with Crippen molar-refractivity contribution in [1.82, 2.24) is 10.2 Å². The molecule has 0 aromatic heterocycles. The van der Waals surface area contributed by atoms with E-state index < -0.39 is 0 Å². The highest BCUT2D eigenvalue weighted by molar-refractivity contribution is 5.23. The summed E-state index contributed by atoms with van der Waals surface area (Å²) in [6, 6.07) is 15.5. The molecule has 0 aliphatic heterocycles. The minimum Gasteiger partial charge on any atom is -0.319 e. The summed E-state index contributed by atoms with van der Waals surface area (Å²) in [6.45, 7) is 2.72. The lowest BCUT2D eigenvalue weighted by molar-refractivity contribution is 0.319. The van der Waals surface area contributed by atoms with Crippen LogP contribution in [0.15, 0.2) is 48.5 Å². The average molecular weight is 286 g/mol. The normalized spacial score (nSPS) is 11.0. The monoisotopic (exact) mass is 286 g/mol. The highest BCUT2D eigenvalue weighted by Gasteiger charge is 2.02. The lowest BCUT2D eigenvalue weighted by Crippen LogP contribution is -2.17. The summed E-state index contributed by atoms with van der Waals surface area (Å²) in [5, 5.41) is 3.16. The van der Waals surface area contributed by atoms with Crippen molar-refractivity contribution >= 4 is 0 Å². The zero-order valence-electron chi connectivity index (χ0n) is 12.8. The number of hydrogen-bond acceptors (Lipinski definition) is 2. The first-order valence-corrected chi connectivity index (χ1v) is 7.33. The van der Waals surface area contributed by atoms with Gasteiger partial charge in [-0.3, -0.25) is 4.90 Å². The smallest absolute Gasteiger partial charge is 0.123 e. The minimum absolute atomic E-state index is 0.182. The molecule has 0 atom stereocenters. The maximum atomic E-state index is 12.9. The zero-order chi connectivity index (χ0) is 15.1. The van der Waals surface area contributed by atoms with E-state index in [0.29, 0.717) is 0 Å². The summed E-state index contributed by atoms with van der Waals surface area (Å²) < 4.78 is 12.9. The van der Waals surface area contributed by atoms with E-state index in [4.69, 9.17) is 0 Å². The average Bonchev–Trinajstić information content (AvgIpc) is 2.49. The van der Waals surface area contributed by atoms with Gasteiger partial charge in [0.05, 0.1) is 0 Å². The Morgan fingerprint density at radius 3 is 1.86 bits per heavy atom. The van der Waals surface area contributed by atoms with Crippen LogP contribution in [0.1, 0.15) is 16.7 Å². The molecule has 2 rings (SSSR count). The van der Waals surface area contributed by atoms with Gasteiger partial charge in [-0.15, -0.1) is 0 Å². The molecule has 0 saturated carbocycles. The number of halogens is 1. The zero-order valence-corrected chi connectivity index (χ0v) is 12.8. The van der Waals surface area contributed by atoms with Crippen LogP contribution in [-0.2, 0) is 19.5 Å². The van der Waals surface area contributed by atoms with E-state index in [1.54, 1.807) is 0 Å². The predicted octanol–water partition coefficient (Wildman–Crippen LogP) is 3.22. The lowest BCUT2D eigenvalue weighted by Gasteiger charge is -2.17. The van der Waals surface area contributed by atoms with Gasteiger partial charge in [0, 0.05) is 13.1 Å². The first-order valence-electron chi connectivity index (χ1n) is 7.33. The molecular weight excluding hydrogens is 263 g/mol. The molecule has 3 heteroatoms. The van der Waals surface area contributed by atoms with Crippen LogP contribution in [0.25, 0.3) is 0 Å². The van der Waals surface area contributed by atoms with Crippen LogP contribution in [0.5, 0.6) is 0 Å². The van der Waals surface area contributed by atoms with Gasteiger partial charge < -0.3 is 5.32 Å². The van der Waals surface area contributed by atoms with Crippen molar-refractivity contribution in [2.45, 2.75) is 19.5 Å². The van der Waals surface area contributed by atoms with Crippen molar-refractivity contribution < 1.29 is 4.39 Å². The summed E-state index contributed by atoms with van der Waals surface area (Å²) in [6.07, 6.45) is 1.06. The summed E-state index contributed by atoms with van der Waals surface area (Å²) in [7, 11) is 4.05. The largest absolute Gasteiger partial charge is 0.319 e. The predicted molar refractivity (Wildman–Crippen MR) is 85.6 cm³/mol. The third-order valence-corrected chi connectivity index (χ3v) is 3.50. The van der Waals surface area contributed by atoms with Gasteiger partial charge in [-0.1, -0.05) is 36.4 Å². The molecule has 0 saturated heterocycles.